The van der Waals surface area contributed by atoms with Crippen molar-refractivity contribution in [2.24, 2.45) is 17.6 Å². The SMILES string of the molecule is Cl.NC1CC2CCCC(C1)C2NC(=O)c1cnn2c(-c3ccccc3)ccnc12. The Labute approximate surface area is 176 Å². The number of nitrogens with one attached hydrogen (secondary N) is 1. The lowest BCUT2D eigenvalue weighted by Gasteiger charge is -2.45. The fraction of sp³-hybridized carbons (Fsp3) is 0.409. The molecule has 3 N–H and O–H groups in total. The van der Waals surface area contributed by atoms with Gasteiger partial charge in [0, 0.05) is 23.8 Å². The number of fused-ring (bicyclic) bond motifs is 3. The first-order valence-corrected chi connectivity index (χ1v) is 10.2. The molecule has 5 rings (SSSR count). The van der Waals surface area contributed by atoms with Crippen molar-refractivity contribution in [3.63, 3.8) is 0 Å². The van der Waals surface area contributed by atoms with Gasteiger partial charge in [-0.05, 0) is 43.6 Å². The molecule has 2 aromatic heterocycles. The van der Waals surface area contributed by atoms with Gasteiger partial charge in [-0.3, -0.25) is 4.79 Å². The lowest BCUT2D eigenvalue weighted by atomic mass is 9.67. The van der Waals surface area contributed by atoms with Crippen LogP contribution in [0.5, 0.6) is 0 Å². The van der Waals surface area contributed by atoms with Crippen molar-refractivity contribution in [1.82, 2.24) is 19.9 Å². The van der Waals surface area contributed by atoms with Crippen molar-refractivity contribution in [1.29, 1.82) is 0 Å². The van der Waals surface area contributed by atoms with E-state index in [0.717, 1.165) is 36.9 Å². The van der Waals surface area contributed by atoms with Crippen molar-refractivity contribution >= 4 is 24.0 Å². The Morgan fingerprint density at radius 2 is 1.83 bits per heavy atom. The number of carbonyl (C=O) groups excluding carboxylic acids is 1. The first-order valence-electron chi connectivity index (χ1n) is 10.2. The molecule has 1 amide bonds. The van der Waals surface area contributed by atoms with Crippen LogP contribution in [0.25, 0.3) is 16.9 Å². The topological polar surface area (TPSA) is 85.3 Å². The monoisotopic (exact) mass is 411 g/mol. The predicted molar refractivity (Wildman–Crippen MR) is 115 cm³/mol. The van der Waals surface area contributed by atoms with Gasteiger partial charge in [0.1, 0.15) is 5.56 Å². The maximum absolute atomic E-state index is 13.1. The molecule has 3 aromatic rings. The smallest absolute Gasteiger partial charge is 0.257 e. The summed E-state index contributed by atoms with van der Waals surface area (Å²) < 4.78 is 1.75. The van der Waals surface area contributed by atoms with Crippen molar-refractivity contribution in [2.45, 2.75) is 44.2 Å². The molecule has 2 fully saturated rings. The average Bonchev–Trinajstić information content (AvgIpc) is 3.14. The maximum Gasteiger partial charge on any atom is 0.257 e. The number of rotatable bonds is 3. The molecule has 0 saturated heterocycles. The minimum atomic E-state index is -0.0786. The van der Waals surface area contributed by atoms with Crippen LogP contribution < -0.4 is 11.1 Å². The van der Waals surface area contributed by atoms with Crippen LogP contribution in [0.4, 0.5) is 0 Å². The van der Waals surface area contributed by atoms with Crippen LogP contribution in [0.3, 0.4) is 0 Å². The van der Waals surface area contributed by atoms with Gasteiger partial charge in [-0.15, -0.1) is 12.4 Å². The highest BCUT2D eigenvalue weighted by Gasteiger charge is 2.40. The minimum Gasteiger partial charge on any atom is -0.349 e. The lowest BCUT2D eigenvalue weighted by Crippen LogP contribution is -2.53. The van der Waals surface area contributed by atoms with Gasteiger partial charge in [-0.1, -0.05) is 36.8 Å². The van der Waals surface area contributed by atoms with Crippen LogP contribution in [-0.4, -0.2) is 32.6 Å². The second-order valence-electron chi connectivity index (χ2n) is 8.17. The molecule has 6 nitrogen and oxygen atoms in total. The van der Waals surface area contributed by atoms with E-state index in [2.05, 4.69) is 15.4 Å². The third-order valence-corrected chi connectivity index (χ3v) is 6.39. The van der Waals surface area contributed by atoms with Crippen molar-refractivity contribution in [3.8, 4) is 11.3 Å². The van der Waals surface area contributed by atoms with Crippen LogP contribution in [-0.2, 0) is 0 Å². The maximum atomic E-state index is 13.1. The second kappa shape index (κ2) is 8.13. The van der Waals surface area contributed by atoms with E-state index in [1.54, 1.807) is 16.9 Å². The minimum absolute atomic E-state index is 0. The molecule has 2 saturated carbocycles. The number of carbonyl (C=O) groups is 1. The highest BCUT2D eigenvalue weighted by atomic mass is 35.5. The first kappa shape index (κ1) is 19.9. The normalized spacial score (nSPS) is 26.0. The van der Waals surface area contributed by atoms with Crippen molar-refractivity contribution < 1.29 is 4.79 Å². The Hall–Kier alpha value is -2.44. The molecular formula is C22H26ClN5O. The number of hydrogen-bond acceptors (Lipinski definition) is 4. The fourth-order valence-corrected chi connectivity index (χ4v) is 5.13. The third-order valence-electron chi connectivity index (χ3n) is 6.39. The summed E-state index contributed by atoms with van der Waals surface area (Å²) in [4.78, 5) is 17.6. The van der Waals surface area contributed by atoms with Crippen LogP contribution in [0.15, 0.2) is 48.8 Å². The predicted octanol–water partition coefficient (Wildman–Crippen LogP) is 3.45. The van der Waals surface area contributed by atoms with Gasteiger partial charge in [0.05, 0.1) is 11.9 Å². The number of hydrogen-bond donors (Lipinski definition) is 2. The largest absolute Gasteiger partial charge is 0.349 e. The van der Waals surface area contributed by atoms with E-state index >= 15 is 0 Å². The zero-order chi connectivity index (χ0) is 19.1. The molecule has 2 aliphatic carbocycles. The molecule has 2 heterocycles. The number of halogens is 1. The molecule has 2 unspecified atom stereocenters. The summed E-state index contributed by atoms with van der Waals surface area (Å²) in [5.41, 5.74) is 9.31. The van der Waals surface area contributed by atoms with Crippen LogP contribution in [0.1, 0.15) is 42.5 Å². The van der Waals surface area contributed by atoms with Gasteiger partial charge in [0.25, 0.3) is 5.91 Å². The number of benzene rings is 1. The van der Waals surface area contributed by atoms with E-state index in [1.807, 2.05) is 36.4 Å². The third kappa shape index (κ3) is 3.63. The zero-order valence-electron chi connectivity index (χ0n) is 16.2. The van der Waals surface area contributed by atoms with E-state index in [0.29, 0.717) is 23.0 Å². The van der Waals surface area contributed by atoms with Crippen molar-refractivity contribution in [3.05, 3.63) is 54.4 Å². The molecule has 29 heavy (non-hydrogen) atoms. The van der Waals surface area contributed by atoms with Gasteiger partial charge in [0.15, 0.2) is 5.65 Å². The molecular weight excluding hydrogens is 386 g/mol. The van der Waals surface area contributed by atoms with E-state index in [9.17, 15) is 4.79 Å². The Bertz CT molecular complexity index is 991. The number of nitrogens with zero attached hydrogens (tertiary/aromatic N) is 3. The summed E-state index contributed by atoms with van der Waals surface area (Å²) in [6.07, 6.45) is 8.94. The lowest BCUT2D eigenvalue weighted by molar-refractivity contribution is 0.0757. The van der Waals surface area contributed by atoms with Crippen LogP contribution >= 0.6 is 12.4 Å². The molecule has 2 bridgehead atoms. The highest BCUT2D eigenvalue weighted by Crippen LogP contribution is 2.39. The Morgan fingerprint density at radius 3 is 2.55 bits per heavy atom. The zero-order valence-corrected chi connectivity index (χ0v) is 17.0. The quantitative estimate of drug-likeness (QED) is 0.691. The molecule has 152 valence electrons. The average molecular weight is 412 g/mol. The van der Waals surface area contributed by atoms with E-state index < -0.39 is 0 Å². The summed E-state index contributed by atoms with van der Waals surface area (Å²) in [7, 11) is 0. The Kier molecular flexibility index (Phi) is 5.56. The molecule has 0 radical (unpaired) electrons. The van der Waals surface area contributed by atoms with Gasteiger partial charge in [-0.25, -0.2) is 9.50 Å². The molecule has 1 aromatic carbocycles. The highest BCUT2D eigenvalue weighted by molar-refractivity contribution is 6.00. The molecule has 2 aliphatic rings. The summed E-state index contributed by atoms with van der Waals surface area (Å²) in [6.45, 7) is 0. The standard InChI is InChI=1S/C22H25N5O.ClH/c23-17-11-15-7-4-8-16(12-17)20(15)26-22(28)18-13-25-27-19(9-10-24-21(18)27)14-5-2-1-3-6-14;/h1-3,5-6,9-10,13,15-17,20H,4,7-8,11-12,23H2,(H,26,28);1H. The molecule has 2 atom stereocenters. The summed E-state index contributed by atoms with van der Waals surface area (Å²) in [5.74, 6) is 0.896. The number of amides is 1. The molecule has 0 aliphatic heterocycles. The molecule has 0 spiro atoms. The summed E-state index contributed by atoms with van der Waals surface area (Å²) in [5, 5.41) is 7.77. The van der Waals surface area contributed by atoms with Crippen molar-refractivity contribution in [2.75, 3.05) is 0 Å². The first-order chi connectivity index (χ1) is 13.7. The summed E-state index contributed by atoms with van der Waals surface area (Å²) >= 11 is 0. The van der Waals surface area contributed by atoms with E-state index in [4.69, 9.17) is 5.73 Å². The van der Waals surface area contributed by atoms with E-state index in [-0.39, 0.29) is 30.4 Å². The number of aromatic nitrogens is 3. The Balaban J connectivity index is 0.00000205. The van der Waals surface area contributed by atoms with Gasteiger partial charge >= 0.3 is 0 Å². The Morgan fingerprint density at radius 1 is 1.10 bits per heavy atom. The van der Waals surface area contributed by atoms with Gasteiger partial charge in [-0.2, -0.15) is 5.10 Å². The number of nitrogens with two attached hydrogens (primary N) is 1. The van der Waals surface area contributed by atoms with Gasteiger partial charge in [0.2, 0.25) is 0 Å². The fourth-order valence-electron chi connectivity index (χ4n) is 5.13. The molecule has 7 heteroatoms. The summed E-state index contributed by atoms with van der Waals surface area (Å²) in [6, 6.07) is 12.4. The van der Waals surface area contributed by atoms with E-state index in [1.165, 1.54) is 6.42 Å². The van der Waals surface area contributed by atoms with Gasteiger partial charge < -0.3 is 11.1 Å². The van der Waals surface area contributed by atoms with Crippen LogP contribution in [0.2, 0.25) is 0 Å². The van der Waals surface area contributed by atoms with Crippen LogP contribution in [0, 0.1) is 11.8 Å². The second-order valence-corrected chi connectivity index (χ2v) is 8.17.